The van der Waals surface area contributed by atoms with Gasteiger partial charge in [0.25, 0.3) is 0 Å². The molecule has 2 rings (SSSR count). The maximum Gasteiger partial charge on any atom is 0.128 e. The number of rotatable bonds is 4. The Morgan fingerprint density at radius 2 is 2.12 bits per heavy atom. The summed E-state index contributed by atoms with van der Waals surface area (Å²) in [6.45, 7) is 0.778. The van der Waals surface area contributed by atoms with Gasteiger partial charge in [0.2, 0.25) is 0 Å². The second kappa shape index (κ2) is 5.38. The Morgan fingerprint density at radius 1 is 1.29 bits per heavy atom. The van der Waals surface area contributed by atoms with Crippen LogP contribution in [0.2, 0.25) is 4.34 Å². The Bertz CT molecular complexity index is 479. The minimum absolute atomic E-state index is 0.778. The number of nitrogens with one attached hydrogen (secondary N) is 1. The lowest BCUT2D eigenvalue weighted by Gasteiger charge is -2.11. The average molecular weight is 268 g/mol. The largest absolute Gasteiger partial charge is 0.379 e. The van der Waals surface area contributed by atoms with Gasteiger partial charge in [-0.1, -0.05) is 11.6 Å². The van der Waals surface area contributed by atoms with Gasteiger partial charge in [-0.25, -0.2) is 4.98 Å². The summed E-state index contributed by atoms with van der Waals surface area (Å²) < 4.78 is 0.822. The van der Waals surface area contributed by atoms with Crippen molar-refractivity contribution in [1.82, 2.24) is 4.98 Å². The van der Waals surface area contributed by atoms with Gasteiger partial charge in [0.1, 0.15) is 5.82 Å². The summed E-state index contributed by atoms with van der Waals surface area (Å²) in [5, 5.41) is 3.31. The number of thiophene rings is 1. The molecule has 0 saturated carbocycles. The highest BCUT2D eigenvalue weighted by Crippen LogP contribution is 2.22. The van der Waals surface area contributed by atoms with Crippen molar-refractivity contribution in [1.29, 1.82) is 0 Å². The Labute approximate surface area is 110 Å². The molecule has 0 saturated heterocycles. The maximum absolute atomic E-state index is 5.87. The molecule has 0 fully saturated rings. The van der Waals surface area contributed by atoms with Crippen LogP contribution < -0.4 is 10.2 Å². The first-order valence-electron chi connectivity index (χ1n) is 5.26. The highest BCUT2D eigenvalue weighted by atomic mass is 35.5. The first-order valence-corrected chi connectivity index (χ1v) is 6.46. The summed E-state index contributed by atoms with van der Waals surface area (Å²) in [4.78, 5) is 7.53. The van der Waals surface area contributed by atoms with Gasteiger partial charge in [0.05, 0.1) is 16.2 Å². The van der Waals surface area contributed by atoms with E-state index in [4.69, 9.17) is 11.6 Å². The lowest BCUT2D eigenvalue weighted by atomic mass is 10.3. The predicted octanol–water partition coefficient (Wildman–Crippen LogP) is 3.47. The standard InChI is InChI=1S/C12H14ClN3S/c1-16(2)12-6-3-9(7-15-12)14-8-10-4-5-11(13)17-10/h3-7,14H,8H2,1-2H3. The summed E-state index contributed by atoms with van der Waals surface area (Å²) in [6.07, 6.45) is 1.84. The van der Waals surface area contributed by atoms with E-state index in [1.807, 2.05) is 49.5 Å². The zero-order valence-electron chi connectivity index (χ0n) is 9.77. The number of halogens is 1. The van der Waals surface area contributed by atoms with Gasteiger partial charge in [-0.15, -0.1) is 11.3 Å². The lowest BCUT2D eigenvalue weighted by Crippen LogP contribution is -2.10. The van der Waals surface area contributed by atoms with Crippen LogP contribution in [0.1, 0.15) is 4.88 Å². The first-order chi connectivity index (χ1) is 8.15. The van der Waals surface area contributed by atoms with E-state index in [0.29, 0.717) is 0 Å². The van der Waals surface area contributed by atoms with E-state index in [1.54, 1.807) is 11.3 Å². The molecule has 2 aromatic heterocycles. The molecule has 1 N–H and O–H groups in total. The quantitative estimate of drug-likeness (QED) is 0.919. The van der Waals surface area contributed by atoms with Crippen molar-refractivity contribution >= 4 is 34.4 Å². The van der Waals surface area contributed by atoms with Crippen molar-refractivity contribution in [2.75, 3.05) is 24.3 Å². The molecule has 90 valence electrons. The molecule has 0 spiro atoms. The van der Waals surface area contributed by atoms with Crippen LogP contribution in [0.3, 0.4) is 0 Å². The summed E-state index contributed by atoms with van der Waals surface area (Å²) in [5.74, 6) is 0.953. The number of pyridine rings is 1. The molecule has 2 heterocycles. The Balaban J connectivity index is 1.95. The lowest BCUT2D eigenvalue weighted by molar-refractivity contribution is 1.06. The van der Waals surface area contributed by atoms with E-state index in [-0.39, 0.29) is 0 Å². The third-order valence-electron chi connectivity index (χ3n) is 2.30. The fourth-order valence-electron chi connectivity index (χ4n) is 1.39. The van der Waals surface area contributed by atoms with Crippen LogP contribution in [-0.2, 0) is 6.54 Å². The maximum atomic E-state index is 5.87. The van der Waals surface area contributed by atoms with Crippen molar-refractivity contribution in [2.45, 2.75) is 6.54 Å². The van der Waals surface area contributed by atoms with Gasteiger partial charge in [0.15, 0.2) is 0 Å². The van der Waals surface area contributed by atoms with E-state index in [2.05, 4.69) is 10.3 Å². The molecule has 0 bridgehead atoms. The second-order valence-electron chi connectivity index (χ2n) is 3.86. The fraction of sp³-hybridized carbons (Fsp3) is 0.250. The molecule has 5 heteroatoms. The molecule has 0 aliphatic carbocycles. The molecule has 3 nitrogen and oxygen atoms in total. The summed E-state index contributed by atoms with van der Waals surface area (Å²) in [5.41, 5.74) is 1.01. The normalized spacial score (nSPS) is 10.3. The van der Waals surface area contributed by atoms with E-state index in [0.717, 1.165) is 22.4 Å². The van der Waals surface area contributed by atoms with Crippen molar-refractivity contribution in [3.05, 3.63) is 39.7 Å². The fourth-order valence-corrected chi connectivity index (χ4v) is 2.42. The third-order valence-corrected chi connectivity index (χ3v) is 3.53. The van der Waals surface area contributed by atoms with Crippen molar-refractivity contribution in [3.8, 4) is 0 Å². The van der Waals surface area contributed by atoms with Gasteiger partial charge in [-0.3, -0.25) is 0 Å². The number of aromatic nitrogens is 1. The molecule has 0 amide bonds. The van der Waals surface area contributed by atoms with Gasteiger partial charge in [0, 0.05) is 25.5 Å². The van der Waals surface area contributed by atoms with Gasteiger partial charge < -0.3 is 10.2 Å². The van der Waals surface area contributed by atoms with Gasteiger partial charge in [-0.05, 0) is 24.3 Å². The van der Waals surface area contributed by atoms with Crippen LogP contribution in [0.25, 0.3) is 0 Å². The number of hydrogen-bond donors (Lipinski definition) is 1. The van der Waals surface area contributed by atoms with Gasteiger partial charge >= 0.3 is 0 Å². The first kappa shape index (κ1) is 12.2. The second-order valence-corrected chi connectivity index (χ2v) is 5.66. The Morgan fingerprint density at radius 3 is 2.65 bits per heavy atom. The summed E-state index contributed by atoms with van der Waals surface area (Å²) >= 11 is 7.46. The van der Waals surface area contributed by atoms with E-state index < -0.39 is 0 Å². The van der Waals surface area contributed by atoms with E-state index >= 15 is 0 Å². The number of nitrogens with zero attached hydrogens (tertiary/aromatic N) is 2. The van der Waals surface area contributed by atoms with Crippen LogP contribution in [-0.4, -0.2) is 19.1 Å². The van der Waals surface area contributed by atoms with Crippen LogP contribution in [0.5, 0.6) is 0 Å². The molecule has 17 heavy (non-hydrogen) atoms. The van der Waals surface area contributed by atoms with Crippen molar-refractivity contribution in [2.24, 2.45) is 0 Å². The molecule has 0 aliphatic heterocycles. The molecule has 0 atom stereocenters. The van der Waals surface area contributed by atoms with Gasteiger partial charge in [-0.2, -0.15) is 0 Å². The smallest absolute Gasteiger partial charge is 0.128 e. The molecular formula is C12H14ClN3S. The number of hydrogen-bond acceptors (Lipinski definition) is 4. The van der Waals surface area contributed by atoms with Crippen LogP contribution in [0.15, 0.2) is 30.5 Å². The highest BCUT2D eigenvalue weighted by molar-refractivity contribution is 7.16. The highest BCUT2D eigenvalue weighted by Gasteiger charge is 1.99. The summed E-state index contributed by atoms with van der Waals surface area (Å²) in [7, 11) is 3.95. The molecule has 0 aromatic carbocycles. The minimum Gasteiger partial charge on any atom is -0.379 e. The molecule has 0 unspecified atom stereocenters. The van der Waals surface area contributed by atoms with E-state index in [1.165, 1.54) is 4.88 Å². The van der Waals surface area contributed by atoms with E-state index in [9.17, 15) is 0 Å². The SMILES string of the molecule is CN(C)c1ccc(NCc2ccc(Cl)s2)cn1. The zero-order valence-corrected chi connectivity index (χ0v) is 11.3. The van der Waals surface area contributed by atoms with Crippen LogP contribution in [0.4, 0.5) is 11.5 Å². The molecule has 0 aliphatic rings. The zero-order chi connectivity index (χ0) is 12.3. The Kier molecular flexibility index (Phi) is 3.86. The monoisotopic (exact) mass is 267 g/mol. The summed E-state index contributed by atoms with van der Waals surface area (Å²) in [6, 6.07) is 7.96. The molecule has 2 aromatic rings. The average Bonchev–Trinajstić information content (AvgIpc) is 2.73. The van der Waals surface area contributed by atoms with Crippen LogP contribution >= 0.6 is 22.9 Å². The number of anilines is 2. The predicted molar refractivity (Wildman–Crippen MR) is 75.2 cm³/mol. The molecule has 0 radical (unpaired) electrons. The van der Waals surface area contributed by atoms with Crippen molar-refractivity contribution in [3.63, 3.8) is 0 Å². The Hall–Kier alpha value is -1.26. The molecular weight excluding hydrogens is 254 g/mol. The topological polar surface area (TPSA) is 28.2 Å². The van der Waals surface area contributed by atoms with Crippen molar-refractivity contribution < 1.29 is 0 Å². The van der Waals surface area contributed by atoms with Crippen LogP contribution in [0, 0.1) is 0 Å². The minimum atomic E-state index is 0.778. The third kappa shape index (κ3) is 3.35.